The van der Waals surface area contributed by atoms with Crippen LogP contribution >= 0.6 is 0 Å². The molecular formula is C20H18N6O2. The Morgan fingerprint density at radius 3 is 2.46 bits per heavy atom. The molecule has 0 fully saturated rings. The first kappa shape index (κ1) is 18.8. The van der Waals surface area contributed by atoms with Gasteiger partial charge in [0.25, 0.3) is 5.91 Å². The zero-order valence-corrected chi connectivity index (χ0v) is 15.2. The molecule has 8 heteroatoms. The Morgan fingerprint density at radius 1 is 1.14 bits per heavy atom. The van der Waals surface area contributed by atoms with Crippen LogP contribution in [0.15, 0.2) is 61.2 Å². The van der Waals surface area contributed by atoms with Crippen molar-refractivity contribution in [1.29, 1.82) is 5.26 Å². The van der Waals surface area contributed by atoms with Crippen molar-refractivity contribution in [2.24, 2.45) is 0 Å². The van der Waals surface area contributed by atoms with Gasteiger partial charge in [-0.15, -0.1) is 0 Å². The second-order valence-corrected chi connectivity index (χ2v) is 6.09. The maximum Gasteiger partial charge on any atom is 0.251 e. The molecular weight excluding hydrogens is 356 g/mol. The number of carbonyl (C=O) groups excluding carboxylic acids is 2. The first-order valence-corrected chi connectivity index (χ1v) is 8.59. The molecule has 2 N–H and O–H groups in total. The molecule has 0 unspecified atom stereocenters. The van der Waals surface area contributed by atoms with E-state index in [9.17, 15) is 9.59 Å². The fraction of sp³-hybridized carbons (Fsp3) is 0.150. The second-order valence-electron chi connectivity index (χ2n) is 6.09. The van der Waals surface area contributed by atoms with Crippen LogP contribution in [0.25, 0.3) is 5.69 Å². The lowest BCUT2D eigenvalue weighted by atomic mass is 10.1. The Hall–Kier alpha value is -3.99. The average molecular weight is 374 g/mol. The minimum Gasteiger partial charge on any atom is -0.346 e. The number of nitrogens with one attached hydrogen (secondary N) is 2. The fourth-order valence-electron chi connectivity index (χ4n) is 2.60. The SMILES string of the molecule is C[C@H](NC(=O)c1ccc(NC(=O)CC#N)cc1)c1ccc(-n2cncn2)cc1. The van der Waals surface area contributed by atoms with E-state index in [0.717, 1.165) is 11.3 Å². The van der Waals surface area contributed by atoms with Crippen LogP contribution < -0.4 is 10.6 Å². The monoisotopic (exact) mass is 374 g/mol. The third kappa shape index (κ3) is 4.59. The summed E-state index contributed by atoms with van der Waals surface area (Å²) < 4.78 is 1.66. The molecule has 3 aromatic rings. The van der Waals surface area contributed by atoms with E-state index in [2.05, 4.69) is 20.7 Å². The second kappa shape index (κ2) is 8.60. The van der Waals surface area contributed by atoms with Crippen molar-refractivity contribution in [2.45, 2.75) is 19.4 Å². The Balaban J connectivity index is 1.61. The number of aromatic nitrogens is 3. The van der Waals surface area contributed by atoms with Gasteiger partial charge in [-0.05, 0) is 48.9 Å². The predicted octanol–water partition coefficient (Wildman–Crippen LogP) is 2.61. The lowest BCUT2D eigenvalue weighted by Crippen LogP contribution is -2.26. The summed E-state index contributed by atoms with van der Waals surface area (Å²) in [6.45, 7) is 1.90. The van der Waals surface area contributed by atoms with E-state index in [1.807, 2.05) is 31.2 Å². The Bertz CT molecular complexity index is 989. The van der Waals surface area contributed by atoms with Crippen LogP contribution in [0, 0.1) is 11.3 Å². The van der Waals surface area contributed by atoms with Gasteiger partial charge in [-0.1, -0.05) is 12.1 Å². The molecule has 28 heavy (non-hydrogen) atoms. The predicted molar refractivity (Wildman–Crippen MR) is 103 cm³/mol. The van der Waals surface area contributed by atoms with Crippen molar-refractivity contribution in [3.63, 3.8) is 0 Å². The van der Waals surface area contributed by atoms with Crippen molar-refractivity contribution < 1.29 is 9.59 Å². The van der Waals surface area contributed by atoms with Crippen LogP contribution in [0.5, 0.6) is 0 Å². The number of hydrogen-bond acceptors (Lipinski definition) is 5. The number of hydrogen-bond donors (Lipinski definition) is 2. The number of rotatable bonds is 6. The lowest BCUT2D eigenvalue weighted by Gasteiger charge is -2.15. The average Bonchev–Trinajstić information content (AvgIpc) is 3.23. The largest absolute Gasteiger partial charge is 0.346 e. The van der Waals surface area contributed by atoms with Gasteiger partial charge in [0.05, 0.1) is 17.8 Å². The summed E-state index contributed by atoms with van der Waals surface area (Å²) in [4.78, 5) is 27.8. The van der Waals surface area contributed by atoms with Gasteiger partial charge in [0, 0.05) is 11.3 Å². The molecule has 0 saturated heterocycles. The van der Waals surface area contributed by atoms with Gasteiger partial charge in [0.15, 0.2) is 0 Å². The van der Waals surface area contributed by atoms with Gasteiger partial charge in [-0.2, -0.15) is 10.4 Å². The maximum atomic E-state index is 12.5. The topological polar surface area (TPSA) is 113 Å². The highest BCUT2D eigenvalue weighted by Crippen LogP contribution is 2.16. The summed E-state index contributed by atoms with van der Waals surface area (Å²) in [6.07, 6.45) is 2.87. The van der Waals surface area contributed by atoms with Gasteiger partial charge in [-0.25, -0.2) is 9.67 Å². The number of amides is 2. The lowest BCUT2D eigenvalue weighted by molar-refractivity contribution is -0.115. The minimum absolute atomic E-state index is 0.188. The molecule has 8 nitrogen and oxygen atoms in total. The summed E-state index contributed by atoms with van der Waals surface area (Å²) in [5, 5.41) is 18.1. The van der Waals surface area contributed by atoms with Crippen LogP contribution in [0.4, 0.5) is 5.69 Å². The molecule has 3 rings (SSSR count). The third-order valence-electron chi connectivity index (χ3n) is 4.09. The molecule has 0 saturated carbocycles. The fourth-order valence-corrected chi connectivity index (χ4v) is 2.60. The van der Waals surface area contributed by atoms with E-state index >= 15 is 0 Å². The third-order valence-corrected chi connectivity index (χ3v) is 4.09. The van der Waals surface area contributed by atoms with Crippen molar-refractivity contribution in [3.8, 4) is 11.8 Å². The molecule has 0 aliphatic heterocycles. The van der Waals surface area contributed by atoms with Crippen molar-refractivity contribution in [1.82, 2.24) is 20.1 Å². The molecule has 2 amide bonds. The molecule has 0 radical (unpaired) electrons. The van der Waals surface area contributed by atoms with Crippen LogP contribution in [0.2, 0.25) is 0 Å². The van der Waals surface area contributed by atoms with E-state index in [1.54, 1.807) is 41.3 Å². The summed E-state index contributed by atoms with van der Waals surface area (Å²) in [5.41, 5.74) is 2.85. The van der Waals surface area contributed by atoms with Gasteiger partial charge in [-0.3, -0.25) is 9.59 Å². The van der Waals surface area contributed by atoms with E-state index in [-0.39, 0.29) is 24.3 Å². The first-order valence-electron chi connectivity index (χ1n) is 8.59. The summed E-state index contributed by atoms with van der Waals surface area (Å²) in [6, 6.07) is 15.8. The number of carbonyl (C=O) groups is 2. The van der Waals surface area contributed by atoms with E-state index < -0.39 is 0 Å². The first-order chi connectivity index (χ1) is 13.6. The maximum absolute atomic E-state index is 12.5. The molecule has 0 aliphatic carbocycles. The van der Waals surface area contributed by atoms with Gasteiger partial charge in [0.1, 0.15) is 19.1 Å². The molecule has 140 valence electrons. The summed E-state index contributed by atoms with van der Waals surface area (Å²) >= 11 is 0. The zero-order chi connectivity index (χ0) is 19.9. The highest BCUT2D eigenvalue weighted by Gasteiger charge is 2.12. The normalized spacial score (nSPS) is 11.3. The number of nitrogens with zero attached hydrogens (tertiary/aromatic N) is 4. The van der Waals surface area contributed by atoms with Crippen LogP contribution in [-0.4, -0.2) is 26.6 Å². The summed E-state index contributed by atoms with van der Waals surface area (Å²) in [7, 11) is 0. The van der Waals surface area contributed by atoms with Gasteiger partial charge in [0.2, 0.25) is 5.91 Å². The Morgan fingerprint density at radius 2 is 1.86 bits per heavy atom. The number of benzene rings is 2. The molecule has 0 bridgehead atoms. The van der Waals surface area contributed by atoms with E-state index in [1.165, 1.54) is 6.33 Å². The highest BCUT2D eigenvalue weighted by molar-refractivity contribution is 5.96. The number of anilines is 1. The van der Waals surface area contributed by atoms with Gasteiger partial charge < -0.3 is 10.6 Å². The smallest absolute Gasteiger partial charge is 0.251 e. The summed E-state index contributed by atoms with van der Waals surface area (Å²) in [5.74, 6) is -0.606. The quantitative estimate of drug-likeness (QED) is 0.689. The minimum atomic E-state index is -0.386. The molecule has 2 aromatic carbocycles. The zero-order valence-electron chi connectivity index (χ0n) is 15.2. The number of nitriles is 1. The van der Waals surface area contributed by atoms with Crippen molar-refractivity contribution in [3.05, 3.63) is 72.3 Å². The molecule has 1 heterocycles. The van der Waals surface area contributed by atoms with E-state index in [4.69, 9.17) is 5.26 Å². The van der Waals surface area contributed by atoms with Crippen molar-refractivity contribution >= 4 is 17.5 Å². The Kier molecular flexibility index (Phi) is 5.77. The molecule has 1 atom stereocenters. The Labute approximate surface area is 161 Å². The molecule has 0 aliphatic rings. The van der Waals surface area contributed by atoms with Gasteiger partial charge >= 0.3 is 0 Å². The van der Waals surface area contributed by atoms with Crippen LogP contribution in [0.1, 0.15) is 35.3 Å². The van der Waals surface area contributed by atoms with Crippen LogP contribution in [-0.2, 0) is 4.79 Å². The van der Waals surface area contributed by atoms with Crippen molar-refractivity contribution in [2.75, 3.05) is 5.32 Å². The van der Waals surface area contributed by atoms with E-state index in [0.29, 0.717) is 11.3 Å². The molecule has 0 spiro atoms. The standard InChI is InChI=1S/C20H18N6O2/c1-14(15-4-8-18(9-5-15)26-13-22-12-23-26)24-20(28)16-2-6-17(7-3-16)25-19(27)10-11-21/h2-9,12-14H,10H2,1H3,(H,24,28)(H,25,27)/t14-/m0/s1. The van der Waals surface area contributed by atoms with Crippen LogP contribution in [0.3, 0.4) is 0 Å². The molecule has 1 aromatic heterocycles. The highest BCUT2D eigenvalue weighted by atomic mass is 16.2.